The van der Waals surface area contributed by atoms with Crippen molar-refractivity contribution in [2.24, 2.45) is 5.92 Å². The third kappa shape index (κ3) is 2.60. The summed E-state index contributed by atoms with van der Waals surface area (Å²) >= 11 is 0. The average Bonchev–Trinajstić information content (AvgIpc) is 2.35. The summed E-state index contributed by atoms with van der Waals surface area (Å²) in [6.07, 6.45) is 4.72. The minimum Gasteiger partial charge on any atom is -0.340 e. The number of hydrogen-bond donors (Lipinski definition) is 1. The molecule has 1 aliphatic heterocycles. The highest BCUT2D eigenvalue weighted by Crippen LogP contribution is 2.34. The topological polar surface area (TPSA) is 49.4 Å². The maximum absolute atomic E-state index is 13.0. The molecule has 4 heteroatoms. The molecule has 0 bridgehead atoms. The predicted molar refractivity (Wildman–Crippen MR) is 79.1 cm³/mol. The zero-order valence-corrected chi connectivity index (χ0v) is 12.9. The van der Waals surface area contributed by atoms with E-state index in [1.165, 1.54) is 0 Å². The first kappa shape index (κ1) is 15.1. The van der Waals surface area contributed by atoms with Crippen LogP contribution in [0, 0.1) is 5.92 Å². The lowest BCUT2D eigenvalue weighted by atomic mass is 9.77. The summed E-state index contributed by atoms with van der Waals surface area (Å²) in [5, 5.41) is 3.06. The fourth-order valence-electron chi connectivity index (χ4n) is 3.52. The molecule has 1 spiro atoms. The smallest absolute Gasteiger partial charge is 0.249 e. The Morgan fingerprint density at radius 1 is 1.35 bits per heavy atom. The highest BCUT2D eigenvalue weighted by molar-refractivity contribution is 6.00. The molecule has 1 aliphatic carbocycles. The van der Waals surface area contributed by atoms with Gasteiger partial charge in [-0.05, 0) is 25.7 Å². The van der Waals surface area contributed by atoms with Crippen LogP contribution < -0.4 is 5.32 Å². The largest absolute Gasteiger partial charge is 0.340 e. The molecule has 1 atom stereocenters. The molecule has 0 radical (unpaired) electrons. The van der Waals surface area contributed by atoms with Crippen LogP contribution in [0.3, 0.4) is 0 Å². The summed E-state index contributed by atoms with van der Waals surface area (Å²) in [6.45, 7) is 10.3. The van der Waals surface area contributed by atoms with Gasteiger partial charge in [0.2, 0.25) is 11.8 Å². The SMILES string of the molecule is C=C(C)CN1C(=O)C2(CCCCC2)NC(=O)C1C(C)C. The molecule has 1 heterocycles. The second-order valence-corrected chi connectivity index (χ2v) is 6.71. The molecule has 2 rings (SSSR count). The van der Waals surface area contributed by atoms with E-state index < -0.39 is 5.54 Å². The highest BCUT2D eigenvalue weighted by atomic mass is 16.2. The van der Waals surface area contributed by atoms with Crippen LogP contribution in [0.1, 0.15) is 52.9 Å². The lowest BCUT2D eigenvalue weighted by molar-refractivity contribution is -0.157. The zero-order chi connectivity index (χ0) is 14.9. The predicted octanol–water partition coefficient (Wildman–Crippen LogP) is 2.25. The van der Waals surface area contributed by atoms with Crippen molar-refractivity contribution < 1.29 is 9.59 Å². The Bertz CT molecular complexity index is 422. The fraction of sp³-hybridized carbons (Fsp3) is 0.750. The van der Waals surface area contributed by atoms with Crippen molar-refractivity contribution in [3.63, 3.8) is 0 Å². The molecule has 1 unspecified atom stereocenters. The van der Waals surface area contributed by atoms with Gasteiger partial charge in [-0.2, -0.15) is 0 Å². The molecule has 4 nitrogen and oxygen atoms in total. The van der Waals surface area contributed by atoms with Crippen molar-refractivity contribution in [1.82, 2.24) is 10.2 Å². The summed E-state index contributed by atoms with van der Waals surface area (Å²) in [5.41, 5.74) is 0.278. The van der Waals surface area contributed by atoms with E-state index in [1.807, 2.05) is 20.8 Å². The summed E-state index contributed by atoms with van der Waals surface area (Å²) < 4.78 is 0. The van der Waals surface area contributed by atoms with Crippen LogP contribution >= 0.6 is 0 Å². The van der Waals surface area contributed by atoms with Crippen LogP contribution in [0.4, 0.5) is 0 Å². The van der Waals surface area contributed by atoms with Crippen molar-refractivity contribution >= 4 is 11.8 Å². The maximum atomic E-state index is 13.0. The first-order valence-electron chi connectivity index (χ1n) is 7.65. The Morgan fingerprint density at radius 2 is 1.95 bits per heavy atom. The minimum atomic E-state index is -0.643. The van der Waals surface area contributed by atoms with Gasteiger partial charge in [-0.3, -0.25) is 9.59 Å². The molecular formula is C16H26N2O2. The number of nitrogens with one attached hydrogen (secondary N) is 1. The van der Waals surface area contributed by atoms with Crippen LogP contribution in [0.15, 0.2) is 12.2 Å². The maximum Gasteiger partial charge on any atom is 0.249 e. The summed E-state index contributed by atoms with van der Waals surface area (Å²) in [4.78, 5) is 27.2. The molecule has 1 saturated carbocycles. The molecule has 0 aromatic carbocycles. The molecule has 1 N–H and O–H groups in total. The van der Waals surface area contributed by atoms with Crippen LogP contribution in [0.5, 0.6) is 0 Å². The third-order valence-electron chi connectivity index (χ3n) is 4.42. The lowest BCUT2D eigenvalue weighted by Crippen LogP contribution is -2.71. The number of piperazine rings is 1. The monoisotopic (exact) mass is 278 g/mol. The van der Waals surface area contributed by atoms with Gasteiger partial charge in [0.05, 0.1) is 0 Å². The van der Waals surface area contributed by atoms with Crippen molar-refractivity contribution in [1.29, 1.82) is 0 Å². The minimum absolute atomic E-state index is 0.00255. The molecule has 0 aromatic heterocycles. The fourth-order valence-corrected chi connectivity index (χ4v) is 3.52. The van der Waals surface area contributed by atoms with Gasteiger partial charge in [0.15, 0.2) is 0 Å². The first-order valence-corrected chi connectivity index (χ1v) is 7.65. The number of nitrogens with zero attached hydrogens (tertiary/aromatic N) is 1. The molecule has 2 amide bonds. The number of carbonyl (C=O) groups excluding carboxylic acids is 2. The van der Waals surface area contributed by atoms with Gasteiger partial charge < -0.3 is 10.2 Å². The van der Waals surface area contributed by atoms with E-state index in [4.69, 9.17) is 0 Å². The summed E-state index contributed by atoms with van der Waals surface area (Å²) in [5.74, 6) is 0.209. The Hall–Kier alpha value is -1.32. The van der Waals surface area contributed by atoms with E-state index >= 15 is 0 Å². The lowest BCUT2D eigenvalue weighted by Gasteiger charge is -2.48. The molecule has 112 valence electrons. The third-order valence-corrected chi connectivity index (χ3v) is 4.42. The number of carbonyl (C=O) groups is 2. The second kappa shape index (κ2) is 5.58. The van der Waals surface area contributed by atoms with E-state index in [1.54, 1.807) is 4.90 Å². The Balaban J connectivity index is 2.32. The quantitative estimate of drug-likeness (QED) is 0.805. The molecular weight excluding hydrogens is 252 g/mol. The molecule has 20 heavy (non-hydrogen) atoms. The van der Waals surface area contributed by atoms with E-state index in [9.17, 15) is 9.59 Å². The number of hydrogen-bond acceptors (Lipinski definition) is 2. The number of amides is 2. The van der Waals surface area contributed by atoms with E-state index in [-0.39, 0.29) is 23.8 Å². The number of rotatable bonds is 3. The van der Waals surface area contributed by atoms with Gasteiger partial charge in [-0.15, -0.1) is 0 Å². The van der Waals surface area contributed by atoms with Crippen molar-refractivity contribution in [3.8, 4) is 0 Å². The average molecular weight is 278 g/mol. The highest BCUT2D eigenvalue weighted by Gasteiger charge is 2.51. The molecule has 1 saturated heterocycles. The summed E-state index contributed by atoms with van der Waals surface area (Å²) in [7, 11) is 0. The Kier molecular flexibility index (Phi) is 4.21. The standard InChI is InChI=1S/C16H26N2O2/c1-11(2)10-18-13(12(3)4)14(19)17-16(15(18)20)8-6-5-7-9-16/h12-13H,1,5-10H2,2-4H3,(H,17,19). The normalized spacial score (nSPS) is 26.0. The Morgan fingerprint density at radius 3 is 2.45 bits per heavy atom. The van der Waals surface area contributed by atoms with Gasteiger partial charge in [-0.1, -0.05) is 45.3 Å². The van der Waals surface area contributed by atoms with Gasteiger partial charge in [0, 0.05) is 6.54 Å². The van der Waals surface area contributed by atoms with Gasteiger partial charge in [0.25, 0.3) is 0 Å². The molecule has 2 fully saturated rings. The Labute approximate surface area is 121 Å². The molecule has 2 aliphatic rings. The van der Waals surface area contributed by atoms with Gasteiger partial charge in [0.1, 0.15) is 11.6 Å². The zero-order valence-electron chi connectivity index (χ0n) is 12.9. The summed E-state index contributed by atoms with van der Waals surface area (Å²) in [6, 6.07) is -0.369. The second-order valence-electron chi connectivity index (χ2n) is 6.71. The van der Waals surface area contributed by atoms with Crippen LogP contribution in [0.25, 0.3) is 0 Å². The van der Waals surface area contributed by atoms with Crippen LogP contribution in [-0.4, -0.2) is 34.8 Å². The first-order chi connectivity index (χ1) is 9.37. The van der Waals surface area contributed by atoms with E-state index in [0.29, 0.717) is 6.54 Å². The van der Waals surface area contributed by atoms with E-state index in [0.717, 1.165) is 37.7 Å². The van der Waals surface area contributed by atoms with Crippen molar-refractivity contribution in [3.05, 3.63) is 12.2 Å². The van der Waals surface area contributed by atoms with Crippen molar-refractivity contribution in [2.45, 2.75) is 64.5 Å². The van der Waals surface area contributed by atoms with E-state index in [2.05, 4.69) is 11.9 Å². The van der Waals surface area contributed by atoms with Crippen molar-refractivity contribution in [2.75, 3.05) is 6.54 Å². The molecule has 0 aromatic rings. The van der Waals surface area contributed by atoms with Crippen LogP contribution in [0.2, 0.25) is 0 Å². The van der Waals surface area contributed by atoms with Gasteiger partial charge in [-0.25, -0.2) is 0 Å². The van der Waals surface area contributed by atoms with Crippen LogP contribution in [-0.2, 0) is 9.59 Å². The van der Waals surface area contributed by atoms with Gasteiger partial charge >= 0.3 is 0 Å².